The van der Waals surface area contributed by atoms with E-state index in [2.05, 4.69) is 25.7 Å². The Bertz CT molecular complexity index is 919. The molecule has 2 N–H and O–H groups in total. The van der Waals surface area contributed by atoms with Crippen LogP contribution in [0.5, 0.6) is 17.4 Å². The lowest BCUT2D eigenvalue weighted by atomic mass is 10.2. The van der Waals surface area contributed by atoms with E-state index in [0.717, 1.165) is 36.5 Å². The standard InChI is InChI=1S/C20H24N6O2/c1-26-13-14(10-24-26)19-23-12-18(22-11-15-4-3-9-21-15)20(25-19)28-17-7-5-16(27-2)6-8-17/h5-8,10,12-13,15,21-22H,3-4,9,11H2,1-2H3/t15-/m0/s1. The maximum absolute atomic E-state index is 6.08. The third-order valence-corrected chi connectivity index (χ3v) is 4.69. The number of ether oxygens (including phenoxy) is 2. The first-order chi connectivity index (χ1) is 13.7. The van der Waals surface area contributed by atoms with Crippen molar-refractivity contribution in [2.75, 3.05) is 25.5 Å². The third kappa shape index (κ3) is 4.23. The molecule has 0 aliphatic carbocycles. The molecular weight excluding hydrogens is 356 g/mol. The molecule has 1 saturated heterocycles. The molecule has 1 aromatic carbocycles. The maximum Gasteiger partial charge on any atom is 0.246 e. The van der Waals surface area contributed by atoms with E-state index in [4.69, 9.17) is 9.47 Å². The number of hydrogen-bond acceptors (Lipinski definition) is 7. The molecule has 0 spiro atoms. The maximum atomic E-state index is 6.08. The SMILES string of the molecule is COc1ccc(Oc2nc(-c3cnn(C)c3)ncc2NC[C@@H]2CCCN2)cc1. The molecule has 0 bridgehead atoms. The fourth-order valence-corrected chi connectivity index (χ4v) is 3.16. The molecule has 1 aliphatic rings. The Balaban J connectivity index is 1.59. The lowest BCUT2D eigenvalue weighted by Gasteiger charge is -2.15. The van der Waals surface area contributed by atoms with Crippen molar-refractivity contribution < 1.29 is 9.47 Å². The molecule has 8 heteroatoms. The van der Waals surface area contributed by atoms with Crippen LogP contribution in [0.25, 0.3) is 11.4 Å². The van der Waals surface area contributed by atoms with Gasteiger partial charge in [-0.1, -0.05) is 0 Å². The van der Waals surface area contributed by atoms with Gasteiger partial charge in [0.05, 0.1) is 25.1 Å². The summed E-state index contributed by atoms with van der Waals surface area (Å²) in [6, 6.07) is 7.87. The van der Waals surface area contributed by atoms with Crippen LogP contribution >= 0.6 is 0 Å². The lowest BCUT2D eigenvalue weighted by Crippen LogP contribution is -2.29. The van der Waals surface area contributed by atoms with Crippen LogP contribution in [0.1, 0.15) is 12.8 Å². The van der Waals surface area contributed by atoms with Gasteiger partial charge >= 0.3 is 0 Å². The molecule has 0 radical (unpaired) electrons. The summed E-state index contributed by atoms with van der Waals surface area (Å²) in [6.07, 6.45) is 7.75. The summed E-state index contributed by atoms with van der Waals surface area (Å²) >= 11 is 0. The Morgan fingerprint density at radius 1 is 1.21 bits per heavy atom. The van der Waals surface area contributed by atoms with Crippen molar-refractivity contribution in [3.05, 3.63) is 42.9 Å². The Hall–Kier alpha value is -3.13. The molecule has 28 heavy (non-hydrogen) atoms. The topological polar surface area (TPSA) is 86.1 Å². The highest BCUT2D eigenvalue weighted by molar-refractivity contribution is 5.59. The summed E-state index contributed by atoms with van der Waals surface area (Å²) < 4.78 is 13.0. The second-order valence-electron chi connectivity index (χ2n) is 6.77. The number of aryl methyl sites for hydroxylation is 1. The van der Waals surface area contributed by atoms with Crippen LogP contribution in [0.2, 0.25) is 0 Å². The molecule has 1 atom stereocenters. The first-order valence-electron chi connectivity index (χ1n) is 9.36. The summed E-state index contributed by atoms with van der Waals surface area (Å²) in [6.45, 7) is 1.87. The number of benzene rings is 1. The van der Waals surface area contributed by atoms with Gasteiger partial charge < -0.3 is 20.1 Å². The van der Waals surface area contributed by atoms with Crippen molar-refractivity contribution >= 4 is 5.69 Å². The second-order valence-corrected chi connectivity index (χ2v) is 6.77. The van der Waals surface area contributed by atoms with Gasteiger partial charge in [-0.05, 0) is 43.7 Å². The molecule has 1 aliphatic heterocycles. The average molecular weight is 380 g/mol. The van der Waals surface area contributed by atoms with E-state index in [-0.39, 0.29) is 0 Å². The van der Waals surface area contributed by atoms with Crippen molar-refractivity contribution in [3.63, 3.8) is 0 Å². The summed E-state index contributed by atoms with van der Waals surface area (Å²) in [7, 11) is 3.50. The van der Waals surface area contributed by atoms with Gasteiger partial charge in [0.15, 0.2) is 5.82 Å². The largest absolute Gasteiger partial charge is 0.497 e. The van der Waals surface area contributed by atoms with Crippen LogP contribution < -0.4 is 20.1 Å². The molecule has 8 nitrogen and oxygen atoms in total. The minimum Gasteiger partial charge on any atom is -0.497 e. The highest BCUT2D eigenvalue weighted by Gasteiger charge is 2.17. The molecule has 0 unspecified atom stereocenters. The highest BCUT2D eigenvalue weighted by Crippen LogP contribution is 2.30. The summed E-state index contributed by atoms with van der Waals surface area (Å²) in [5.41, 5.74) is 1.60. The Morgan fingerprint density at radius 2 is 2.04 bits per heavy atom. The van der Waals surface area contributed by atoms with Crippen molar-refractivity contribution in [1.29, 1.82) is 0 Å². The van der Waals surface area contributed by atoms with Gasteiger partial charge in [-0.2, -0.15) is 10.1 Å². The molecule has 0 amide bonds. The lowest BCUT2D eigenvalue weighted by molar-refractivity contribution is 0.412. The van der Waals surface area contributed by atoms with E-state index in [9.17, 15) is 0 Å². The summed E-state index contributed by atoms with van der Waals surface area (Å²) in [5, 5.41) is 11.1. The Morgan fingerprint density at radius 3 is 2.71 bits per heavy atom. The molecule has 0 saturated carbocycles. The van der Waals surface area contributed by atoms with Crippen molar-refractivity contribution in [2.45, 2.75) is 18.9 Å². The fraction of sp³-hybridized carbons (Fsp3) is 0.350. The quantitative estimate of drug-likeness (QED) is 0.652. The predicted octanol–water partition coefficient (Wildman–Crippen LogP) is 2.84. The van der Waals surface area contributed by atoms with Gasteiger partial charge in [0.1, 0.15) is 17.2 Å². The molecule has 3 heterocycles. The molecule has 146 valence electrons. The minimum absolute atomic E-state index is 0.451. The van der Waals surface area contributed by atoms with Gasteiger partial charge in [-0.15, -0.1) is 0 Å². The zero-order valence-corrected chi connectivity index (χ0v) is 16.1. The highest BCUT2D eigenvalue weighted by atomic mass is 16.5. The van der Waals surface area contributed by atoms with Crippen LogP contribution in [0.4, 0.5) is 5.69 Å². The van der Waals surface area contributed by atoms with E-state index >= 15 is 0 Å². The van der Waals surface area contributed by atoms with Gasteiger partial charge in [0, 0.05) is 25.8 Å². The predicted molar refractivity (Wildman–Crippen MR) is 107 cm³/mol. The molecular formula is C20H24N6O2. The molecule has 4 rings (SSSR count). The number of nitrogens with zero attached hydrogens (tertiary/aromatic N) is 4. The van der Waals surface area contributed by atoms with Crippen LogP contribution in [0, 0.1) is 0 Å². The smallest absolute Gasteiger partial charge is 0.246 e. The van der Waals surface area contributed by atoms with Crippen molar-refractivity contribution in [2.24, 2.45) is 7.05 Å². The van der Waals surface area contributed by atoms with Crippen LogP contribution in [-0.2, 0) is 7.05 Å². The van der Waals surface area contributed by atoms with Gasteiger partial charge in [-0.25, -0.2) is 4.98 Å². The number of methoxy groups -OCH3 is 1. The monoisotopic (exact) mass is 380 g/mol. The van der Waals surface area contributed by atoms with Crippen molar-refractivity contribution in [3.8, 4) is 28.8 Å². The van der Waals surface area contributed by atoms with E-state index < -0.39 is 0 Å². The number of rotatable bonds is 7. The normalized spacial score (nSPS) is 16.1. The first kappa shape index (κ1) is 18.2. The molecule has 3 aromatic rings. The zero-order valence-electron chi connectivity index (χ0n) is 16.1. The molecule has 2 aromatic heterocycles. The van der Waals surface area contributed by atoms with Crippen molar-refractivity contribution in [1.82, 2.24) is 25.1 Å². The first-order valence-corrected chi connectivity index (χ1v) is 9.36. The zero-order chi connectivity index (χ0) is 19.3. The summed E-state index contributed by atoms with van der Waals surface area (Å²) in [5.74, 6) is 2.51. The van der Waals surface area contributed by atoms with E-state index in [1.807, 2.05) is 37.5 Å². The Kier molecular flexibility index (Phi) is 5.38. The van der Waals surface area contributed by atoms with Crippen LogP contribution in [0.15, 0.2) is 42.9 Å². The number of anilines is 1. The van der Waals surface area contributed by atoms with Gasteiger partial charge in [0.2, 0.25) is 5.88 Å². The van der Waals surface area contributed by atoms with Crippen LogP contribution in [0.3, 0.4) is 0 Å². The summed E-state index contributed by atoms with van der Waals surface area (Å²) in [4.78, 5) is 9.13. The minimum atomic E-state index is 0.451. The second kappa shape index (κ2) is 8.26. The van der Waals surface area contributed by atoms with Gasteiger partial charge in [0.25, 0.3) is 0 Å². The number of aromatic nitrogens is 4. The number of nitrogens with one attached hydrogen (secondary N) is 2. The number of hydrogen-bond donors (Lipinski definition) is 2. The Labute approximate surface area is 163 Å². The third-order valence-electron chi connectivity index (χ3n) is 4.69. The molecule has 1 fully saturated rings. The van der Waals surface area contributed by atoms with Crippen LogP contribution in [-0.4, -0.2) is 46.0 Å². The van der Waals surface area contributed by atoms with E-state index in [1.165, 1.54) is 6.42 Å². The van der Waals surface area contributed by atoms with E-state index in [0.29, 0.717) is 23.5 Å². The van der Waals surface area contributed by atoms with Gasteiger partial charge in [-0.3, -0.25) is 4.68 Å². The fourth-order valence-electron chi connectivity index (χ4n) is 3.16. The average Bonchev–Trinajstić information content (AvgIpc) is 3.39. The van der Waals surface area contributed by atoms with E-state index in [1.54, 1.807) is 24.2 Å².